The van der Waals surface area contributed by atoms with E-state index in [0.717, 1.165) is 89.1 Å². The van der Waals surface area contributed by atoms with Crippen LogP contribution in [0.15, 0.2) is 58.5 Å². The zero-order valence-electron chi connectivity index (χ0n) is 22.4. The Morgan fingerprint density at radius 2 is 1.81 bits per heavy atom. The SMILES string of the molecule is CCCOC(=O)C1=C(c2c3ccc(=[N+](CC)CC)cc-3oc3cc(N(CC)CC)ccc23)C=CCC1. The van der Waals surface area contributed by atoms with Crippen molar-refractivity contribution in [1.29, 1.82) is 0 Å². The normalized spacial score (nSPS) is 13.5. The fourth-order valence-electron chi connectivity index (χ4n) is 5.12. The highest BCUT2D eigenvalue weighted by Gasteiger charge is 2.25. The minimum absolute atomic E-state index is 0.210. The molecule has 5 nitrogen and oxygen atoms in total. The van der Waals surface area contributed by atoms with Gasteiger partial charge in [-0.25, -0.2) is 9.37 Å². The standard InChI is InChI=1S/C31H39N2O3/c1-6-19-35-31(34)25-14-12-11-13-24(25)30-26-17-15-22(32(7-2)8-3)20-28(26)36-29-21-23(16-18-27(29)30)33(9-4)10-5/h11,13,15-18,20-21H,6-10,12,14,19H2,1-5H3/q+1. The van der Waals surface area contributed by atoms with Gasteiger partial charge in [0.15, 0.2) is 0 Å². The number of rotatable bonds is 9. The van der Waals surface area contributed by atoms with Gasteiger partial charge in [0.25, 0.3) is 0 Å². The van der Waals surface area contributed by atoms with Crippen LogP contribution in [0.1, 0.15) is 59.4 Å². The molecule has 0 spiro atoms. The summed E-state index contributed by atoms with van der Waals surface area (Å²) in [5.41, 5.74) is 5.71. The first kappa shape index (κ1) is 25.7. The number of fused-ring (bicyclic) bond motifs is 2. The Hall–Kier alpha value is -3.34. The number of anilines is 1. The molecule has 0 amide bonds. The zero-order valence-corrected chi connectivity index (χ0v) is 22.4. The maximum atomic E-state index is 13.1. The van der Waals surface area contributed by atoms with Gasteiger partial charge in [-0.2, -0.15) is 0 Å². The van der Waals surface area contributed by atoms with E-state index >= 15 is 0 Å². The Morgan fingerprint density at radius 3 is 2.50 bits per heavy atom. The third-order valence-corrected chi connectivity index (χ3v) is 7.07. The fourth-order valence-corrected chi connectivity index (χ4v) is 5.12. The Kier molecular flexibility index (Phi) is 8.29. The molecule has 1 heterocycles. The van der Waals surface area contributed by atoms with Crippen molar-refractivity contribution in [3.05, 3.63) is 65.0 Å². The van der Waals surface area contributed by atoms with E-state index in [1.54, 1.807) is 0 Å². The van der Waals surface area contributed by atoms with E-state index in [2.05, 4.69) is 85.7 Å². The molecule has 3 aliphatic rings. The summed E-state index contributed by atoms with van der Waals surface area (Å²) in [4.78, 5) is 15.4. The second kappa shape index (κ2) is 11.6. The predicted molar refractivity (Wildman–Crippen MR) is 149 cm³/mol. The number of esters is 1. The van der Waals surface area contributed by atoms with Crippen molar-refractivity contribution in [3.63, 3.8) is 0 Å². The number of hydrogen-bond acceptors (Lipinski definition) is 4. The number of benzene rings is 2. The highest BCUT2D eigenvalue weighted by Crippen LogP contribution is 2.41. The Labute approximate surface area is 214 Å². The molecule has 1 aromatic rings. The van der Waals surface area contributed by atoms with E-state index in [9.17, 15) is 4.79 Å². The average molecular weight is 488 g/mol. The van der Waals surface area contributed by atoms with E-state index in [4.69, 9.17) is 9.15 Å². The summed E-state index contributed by atoms with van der Waals surface area (Å²) in [6.07, 6.45) is 6.57. The van der Waals surface area contributed by atoms with Gasteiger partial charge >= 0.3 is 5.97 Å². The number of allylic oxidation sites excluding steroid dienone is 3. The average Bonchev–Trinajstić information content (AvgIpc) is 2.91. The van der Waals surface area contributed by atoms with E-state index in [0.29, 0.717) is 13.0 Å². The monoisotopic (exact) mass is 487 g/mol. The van der Waals surface area contributed by atoms with Crippen molar-refractivity contribution in [3.8, 4) is 11.3 Å². The molecule has 2 aliphatic carbocycles. The molecule has 0 fully saturated rings. The van der Waals surface area contributed by atoms with Crippen LogP contribution in [0.25, 0.3) is 27.9 Å². The van der Waals surface area contributed by atoms with Crippen molar-refractivity contribution in [1.82, 2.24) is 4.58 Å². The van der Waals surface area contributed by atoms with E-state index in [-0.39, 0.29) is 5.97 Å². The third-order valence-electron chi connectivity index (χ3n) is 7.07. The molecular weight excluding hydrogens is 448 g/mol. The molecule has 0 atom stereocenters. The van der Waals surface area contributed by atoms with Crippen molar-refractivity contribution in [2.75, 3.05) is 37.7 Å². The summed E-state index contributed by atoms with van der Waals surface area (Å²) in [5, 5.41) is 2.15. The molecule has 0 saturated heterocycles. The highest BCUT2D eigenvalue weighted by atomic mass is 16.5. The third kappa shape index (κ3) is 4.97. The minimum Gasteiger partial charge on any atom is -0.462 e. The molecule has 36 heavy (non-hydrogen) atoms. The van der Waals surface area contributed by atoms with Crippen LogP contribution in [0.5, 0.6) is 0 Å². The lowest BCUT2D eigenvalue weighted by Crippen LogP contribution is -2.29. The van der Waals surface area contributed by atoms with Gasteiger partial charge in [0, 0.05) is 53.0 Å². The quantitative estimate of drug-likeness (QED) is 0.203. The molecule has 0 unspecified atom stereocenters. The molecule has 0 saturated carbocycles. The van der Waals surface area contributed by atoms with Crippen LogP contribution in [0.3, 0.4) is 0 Å². The van der Waals surface area contributed by atoms with Crippen LogP contribution in [0.2, 0.25) is 0 Å². The van der Waals surface area contributed by atoms with Crippen LogP contribution < -0.4 is 14.8 Å². The van der Waals surface area contributed by atoms with Gasteiger partial charge in [-0.15, -0.1) is 0 Å². The van der Waals surface area contributed by atoms with Crippen LogP contribution >= 0.6 is 0 Å². The van der Waals surface area contributed by atoms with Crippen LogP contribution in [-0.4, -0.2) is 38.8 Å². The maximum absolute atomic E-state index is 13.1. The van der Waals surface area contributed by atoms with Gasteiger partial charge in [0.1, 0.15) is 24.4 Å². The molecule has 190 valence electrons. The molecular formula is C31H39N2O3+. The van der Waals surface area contributed by atoms with E-state index in [1.807, 2.05) is 6.92 Å². The lowest BCUT2D eigenvalue weighted by atomic mass is 9.86. The largest absolute Gasteiger partial charge is 0.462 e. The summed E-state index contributed by atoms with van der Waals surface area (Å²) in [5.74, 6) is 0.615. The van der Waals surface area contributed by atoms with Crippen LogP contribution in [-0.2, 0) is 9.53 Å². The molecule has 5 heteroatoms. The van der Waals surface area contributed by atoms with Gasteiger partial charge in [0.2, 0.25) is 5.36 Å². The molecule has 4 rings (SSSR count). The van der Waals surface area contributed by atoms with Crippen LogP contribution in [0, 0.1) is 0 Å². The summed E-state index contributed by atoms with van der Waals surface area (Å²) >= 11 is 0. The number of nitrogens with zero attached hydrogens (tertiary/aromatic N) is 2. The lowest BCUT2D eigenvalue weighted by Gasteiger charge is -2.23. The van der Waals surface area contributed by atoms with Crippen molar-refractivity contribution >= 4 is 28.2 Å². The van der Waals surface area contributed by atoms with E-state index < -0.39 is 0 Å². The van der Waals surface area contributed by atoms with Crippen molar-refractivity contribution < 1.29 is 13.9 Å². The Balaban J connectivity index is 2.06. The summed E-state index contributed by atoms with van der Waals surface area (Å²) in [6, 6.07) is 12.9. The maximum Gasteiger partial charge on any atom is 0.334 e. The van der Waals surface area contributed by atoms with Gasteiger partial charge < -0.3 is 14.1 Å². The molecule has 1 aromatic carbocycles. The van der Waals surface area contributed by atoms with Crippen molar-refractivity contribution in [2.24, 2.45) is 0 Å². The zero-order chi connectivity index (χ0) is 25.7. The number of carbonyl (C=O) groups is 1. The predicted octanol–water partition coefficient (Wildman–Crippen LogP) is 6.25. The number of ether oxygens (including phenoxy) is 1. The summed E-state index contributed by atoms with van der Waals surface area (Å²) in [6.45, 7) is 14.8. The first-order valence-corrected chi connectivity index (χ1v) is 13.5. The van der Waals surface area contributed by atoms with Crippen molar-refractivity contribution in [2.45, 2.75) is 53.9 Å². The topological polar surface area (TPSA) is 45.7 Å². The second-order valence-electron chi connectivity index (χ2n) is 9.15. The molecule has 0 radical (unpaired) electrons. The highest BCUT2D eigenvalue weighted by molar-refractivity contribution is 6.08. The molecule has 0 bridgehead atoms. The first-order chi connectivity index (χ1) is 17.6. The van der Waals surface area contributed by atoms with Crippen LogP contribution in [0.4, 0.5) is 5.69 Å². The molecule has 1 aliphatic heterocycles. The molecule has 0 N–H and O–H groups in total. The Bertz CT molecular complexity index is 1340. The summed E-state index contributed by atoms with van der Waals surface area (Å²) < 4.78 is 14.5. The smallest absolute Gasteiger partial charge is 0.334 e. The van der Waals surface area contributed by atoms with Gasteiger partial charge in [-0.05, 0) is 70.7 Å². The molecule has 0 aromatic heterocycles. The van der Waals surface area contributed by atoms with Gasteiger partial charge in [-0.1, -0.05) is 19.1 Å². The lowest BCUT2D eigenvalue weighted by molar-refractivity contribution is -0.139. The van der Waals surface area contributed by atoms with Gasteiger partial charge in [0.05, 0.1) is 12.7 Å². The Morgan fingerprint density at radius 1 is 1.03 bits per heavy atom. The fraction of sp³-hybridized carbons (Fsp3) is 0.419. The van der Waals surface area contributed by atoms with E-state index in [1.165, 1.54) is 0 Å². The van der Waals surface area contributed by atoms with Gasteiger partial charge in [-0.3, -0.25) is 0 Å². The first-order valence-electron chi connectivity index (χ1n) is 13.5. The minimum atomic E-state index is -0.210. The number of carbonyl (C=O) groups excluding carboxylic acids is 1. The second-order valence-corrected chi connectivity index (χ2v) is 9.15. The summed E-state index contributed by atoms with van der Waals surface area (Å²) in [7, 11) is 0. The number of hydrogen-bond donors (Lipinski definition) is 0.